The molecule has 2 aromatic carbocycles. The lowest BCUT2D eigenvalue weighted by Crippen LogP contribution is -2.38. The second-order valence-corrected chi connectivity index (χ2v) is 6.90. The van der Waals surface area contributed by atoms with E-state index in [-0.39, 0.29) is 23.7 Å². The highest BCUT2D eigenvalue weighted by molar-refractivity contribution is 6.01. The van der Waals surface area contributed by atoms with Gasteiger partial charge in [0.05, 0.1) is 5.92 Å². The van der Waals surface area contributed by atoms with Crippen LogP contribution < -0.4 is 10.6 Å². The van der Waals surface area contributed by atoms with E-state index in [1.54, 1.807) is 6.07 Å². The Morgan fingerprint density at radius 3 is 2.68 bits per heavy atom. The Hall–Kier alpha value is -2.69. The highest BCUT2D eigenvalue weighted by atomic mass is 19.1. The monoisotopic (exact) mass is 338 g/mol. The number of hydrogen-bond donors (Lipinski definition) is 2. The highest BCUT2D eigenvalue weighted by Gasteiger charge is 2.44. The molecule has 5 heteroatoms. The minimum atomic E-state index is -0.573. The van der Waals surface area contributed by atoms with Gasteiger partial charge in [-0.2, -0.15) is 0 Å². The molecule has 128 valence electrons. The lowest BCUT2D eigenvalue weighted by Gasteiger charge is -2.26. The van der Waals surface area contributed by atoms with Crippen molar-refractivity contribution in [1.29, 1.82) is 0 Å². The maximum atomic E-state index is 13.4. The van der Waals surface area contributed by atoms with Gasteiger partial charge in [-0.05, 0) is 36.1 Å². The molecule has 25 heavy (non-hydrogen) atoms. The predicted octanol–water partition coefficient (Wildman–Crippen LogP) is 3.10. The zero-order valence-electron chi connectivity index (χ0n) is 13.7. The number of amides is 2. The van der Waals surface area contributed by atoms with Crippen LogP contribution in [0.4, 0.5) is 10.1 Å². The van der Waals surface area contributed by atoms with Gasteiger partial charge in [0.15, 0.2) is 0 Å². The van der Waals surface area contributed by atoms with Gasteiger partial charge in [-0.15, -0.1) is 0 Å². The normalized spacial score (nSPS) is 20.4. The van der Waals surface area contributed by atoms with Crippen LogP contribution in [-0.2, 0) is 15.0 Å². The van der Waals surface area contributed by atoms with E-state index >= 15 is 0 Å². The van der Waals surface area contributed by atoms with Crippen molar-refractivity contribution in [2.24, 2.45) is 0 Å². The molecule has 4 nitrogen and oxygen atoms in total. The standard InChI is InChI=1S/C20H19FN2O2/c21-14-6-7-15-16(11-18(24)23-17(15)10-14)19(25)22-12-20(8-9-20)13-4-2-1-3-5-13/h1-7,10,16H,8-9,11-12H2,(H,22,25)(H,23,24). The molecule has 4 rings (SSSR count). The zero-order chi connectivity index (χ0) is 17.4. The van der Waals surface area contributed by atoms with Crippen molar-refractivity contribution in [2.45, 2.75) is 30.6 Å². The van der Waals surface area contributed by atoms with Crippen LogP contribution in [0.3, 0.4) is 0 Å². The fourth-order valence-electron chi connectivity index (χ4n) is 3.56. The summed E-state index contributed by atoms with van der Waals surface area (Å²) >= 11 is 0. The Morgan fingerprint density at radius 1 is 1.20 bits per heavy atom. The third-order valence-electron chi connectivity index (χ3n) is 5.21. The number of rotatable bonds is 4. The van der Waals surface area contributed by atoms with Gasteiger partial charge >= 0.3 is 0 Å². The van der Waals surface area contributed by atoms with Crippen molar-refractivity contribution >= 4 is 17.5 Å². The molecule has 0 aromatic heterocycles. The first kappa shape index (κ1) is 15.8. The second kappa shape index (κ2) is 5.99. The third kappa shape index (κ3) is 3.02. The minimum Gasteiger partial charge on any atom is -0.355 e. The second-order valence-electron chi connectivity index (χ2n) is 6.90. The fourth-order valence-corrected chi connectivity index (χ4v) is 3.56. The number of anilines is 1. The molecule has 2 aliphatic rings. The molecule has 0 radical (unpaired) electrons. The van der Waals surface area contributed by atoms with E-state index in [0.717, 1.165) is 12.8 Å². The number of carbonyl (C=O) groups is 2. The molecule has 0 bridgehead atoms. The van der Waals surface area contributed by atoms with Crippen molar-refractivity contribution in [3.63, 3.8) is 0 Å². The largest absolute Gasteiger partial charge is 0.355 e. The van der Waals surface area contributed by atoms with Gasteiger partial charge in [0.25, 0.3) is 0 Å². The van der Waals surface area contributed by atoms with E-state index in [4.69, 9.17) is 0 Å². The molecular weight excluding hydrogens is 319 g/mol. The molecule has 0 saturated heterocycles. The van der Waals surface area contributed by atoms with Crippen molar-refractivity contribution < 1.29 is 14.0 Å². The molecule has 1 aliphatic carbocycles. The van der Waals surface area contributed by atoms with Gasteiger partial charge in [0.1, 0.15) is 5.82 Å². The highest BCUT2D eigenvalue weighted by Crippen LogP contribution is 2.47. The van der Waals surface area contributed by atoms with Crippen LogP contribution in [0.5, 0.6) is 0 Å². The van der Waals surface area contributed by atoms with Crippen molar-refractivity contribution in [1.82, 2.24) is 5.32 Å². The molecule has 1 unspecified atom stereocenters. The van der Waals surface area contributed by atoms with Gasteiger partial charge in [0.2, 0.25) is 11.8 Å². The minimum absolute atomic E-state index is 0.0134. The maximum Gasteiger partial charge on any atom is 0.228 e. The Bertz CT molecular complexity index is 831. The first-order chi connectivity index (χ1) is 12.1. The van der Waals surface area contributed by atoms with E-state index in [1.165, 1.54) is 17.7 Å². The summed E-state index contributed by atoms with van der Waals surface area (Å²) in [7, 11) is 0. The van der Waals surface area contributed by atoms with Crippen LogP contribution in [0.25, 0.3) is 0 Å². The predicted molar refractivity (Wildman–Crippen MR) is 92.8 cm³/mol. The lowest BCUT2D eigenvalue weighted by atomic mass is 9.89. The Balaban J connectivity index is 1.50. The van der Waals surface area contributed by atoms with Gasteiger partial charge < -0.3 is 10.6 Å². The number of nitrogens with one attached hydrogen (secondary N) is 2. The quantitative estimate of drug-likeness (QED) is 0.900. The molecule has 2 N–H and O–H groups in total. The Kier molecular flexibility index (Phi) is 3.79. The summed E-state index contributed by atoms with van der Waals surface area (Å²) in [6, 6.07) is 14.3. The van der Waals surface area contributed by atoms with Gasteiger partial charge in [-0.1, -0.05) is 36.4 Å². The van der Waals surface area contributed by atoms with E-state index in [2.05, 4.69) is 22.8 Å². The SMILES string of the molecule is O=C1CC(C(=O)NCC2(c3ccccc3)CC2)c2ccc(F)cc2N1. The van der Waals surface area contributed by atoms with Crippen molar-refractivity contribution in [2.75, 3.05) is 11.9 Å². The summed E-state index contributed by atoms with van der Waals surface area (Å²) in [5, 5.41) is 5.65. The summed E-state index contributed by atoms with van der Waals surface area (Å²) in [4.78, 5) is 24.6. The van der Waals surface area contributed by atoms with Gasteiger partial charge in [0, 0.05) is 24.1 Å². The summed E-state index contributed by atoms with van der Waals surface area (Å²) in [5.41, 5.74) is 2.31. The van der Waals surface area contributed by atoms with Crippen LogP contribution in [-0.4, -0.2) is 18.4 Å². The van der Waals surface area contributed by atoms with Crippen molar-refractivity contribution in [3.8, 4) is 0 Å². The molecule has 1 fully saturated rings. The first-order valence-electron chi connectivity index (χ1n) is 8.50. The number of benzene rings is 2. The van der Waals surface area contributed by atoms with Crippen LogP contribution in [0.1, 0.15) is 36.3 Å². The van der Waals surface area contributed by atoms with E-state index in [9.17, 15) is 14.0 Å². The zero-order valence-corrected chi connectivity index (χ0v) is 13.7. The van der Waals surface area contributed by atoms with Gasteiger partial charge in [-0.3, -0.25) is 9.59 Å². The van der Waals surface area contributed by atoms with Crippen LogP contribution in [0.15, 0.2) is 48.5 Å². The topological polar surface area (TPSA) is 58.2 Å². The average Bonchev–Trinajstić information content (AvgIpc) is 3.40. The Labute approximate surface area is 145 Å². The van der Waals surface area contributed by atoms with E-state index in [0.29, 0.717) is 17.8 Å². The number of hydrogen-bond acceptors (Lipinski definition) is 2. The molecule has 2 amide bonds. The summed E-state index contributed by atoms with van der Waals surface area (Å²) < 4.78 is 13.4. The summed E-state index contributed by atoms with van der Waals surface area (Å²) in [5.74, 6) is -1.44. The smallest absolute Gasteiger partial charge is 0.228 e. The lowest BCUT2D eigenvalue weighted by molar-refractivity contribution is -0.126. The molecule has 2 aromatic rings. The number of halogens is 1. The van der Waals surface area contributed by atoms with Gasteiger partial charge in [-0.25, -0.2) is 4.39 Å². The van der Waals surface area contributed by atoms with Crippen LogP contribution in [0.2, 0.25) is 0 Å². The molecule has 1 heterocycles. The number of carbonyl (C=O) groups excluding carboxylic acids is 2. The van der Waals surface area contributed by atoms with Crippen molar-refractivity contribution in [3.05, 3.63) is 65.5 Å². The summed E-state index contributed by atoms with van der Waals surface area (Å²) in [6.07, 6.45) is 2.18. The Morgan fingerprint density at radius 2 is 1.96 bits per heavy atom. The third-order valence-corrected chi connectivity index (χ3v) is 5.21. The van der Waals surface area contributed by atoms with Crippen LogP contribution >= 0.6 is 0 Å². The van der Waals surface area contributed by atoms with E-state index < -0.39 is 11.7 Å². The molecule has 1 aliphatic heterocycles. The molecular formula is C20H19FN2O2. The maximum absolute atomic E-state index is 13.4. The molecule has 1 atom stereocenters. The average molecular weight is 338 g/mol. The summed E-state index contributed by atoms with van der Waals surface area (Å²) in [6.45, 7) is 0.560. The number of fused-ring (bicyclic) bond motifs is 1. The first-order valence-corrected chi connectivity index (χ1v) is 8.50. The molecule has 0 spiro atoms. The fraction of sp³-hybridized carbons (Fsp3) is 0.300. The molecule has 1 saturated carbocycles. The van der Waals surface area contributed by atoms with Crippen LogP contribution in [0, 0.1) is 5.82 Å². The van der Waals surface area contributed by atoms with E-state index in [1.807, 2.05) is 18.2 Å².